The molecule has 24 heavy (non-hydrogen) atoms. The first-order valence-electron chi connectivity index (χ1n) is 7.49. The number of para-hydroxylation sites is 1. The van der Waals surface area contributed by atoms with Crippen LogP contribution in [-0.2, 0) is 16.6 Å². The topological polar surface area (TPSA) is 64.6 Å². The van der Waals surface area contributed by atoms with Gasteiger partial charge in [0.2, 0.25) is 16.8 Å². The average molecular weight is 341 g/mol. The Bertz CT molecular complexity index is 1010. The Morgan fingerprint density at radius 2 is 1.75 bits per heavy atom. The van der Waals surface area contributed by atoms with Crippen molar-refractivity contribution < 1.29 is 17.9 Å². The van der Waals surface area contributed by atoms with E-state index in [0.717, 1.165) is 16.3 Å². The fraction of sp³-hybridized carbons (Fsp3) is 0.111. The van der Waals surface area contributed by atoms with Crippen LogP contribution < -0.4 is 14.2 Å². The second kappa shape index (κ2) is 5.81. The van der Waals surface area contributed by atoms with Gasteiger partial charge in [-0.15, -0.1) is 0 Å². The van der Waals surface area contributed by atoms with E-state index < -0.39 is 10.0 Å². The Hall–Kier alpha value is -2.57. The maximum absolute atomic E-state index is 12.6. The van der Waals surface area contributed by atoms with E-state index in [0.29, 0.717) is 11.5 Å². The lowest BCUT2D eigenvalue weighted by atomic mass is 10.1. The first-order chi connectivity index (χ1) is 11.6. The largest absolute Gasteiger partial charge is 0.454 e. The van der Waals surface area contributed by atoms with E-state index in [1.165, 1.54) is 0 Å². The SMILES string of the molecule is O=S(=O)(NCc1cccc2c1OCO2)c1ccc2ccccc2c1. The number of rotatable bonds is 4. The van der Waals surface area contributed by atoms with Crippen molar-refractivity contribution in [3.8, 4) is 11.5 Å². The van der Waals surface area contributed by atoms with E-state index in [-0.39, 0.29) is 18.2 Å². The lowest BCUT2D eigenvalue weighted by Crippen LogP contribution is -2.23. The molecule has 1 heterocycles. The summed E-state index contributed by atoms with van der Waals surface area (Å²) in [4.78, 5) is 0.242. The van der Waals surface area contributed by atoms with E-state index in [9.17, 15) is 8.42 Å². The average Bonchev–Trinajstić information content (AvgIpc) is 3.09. The standard InChI is InChI=1S/C18H15NO4S/c20-24(21,16-9-8-13-4-1-2-5-14(13)10-16)19-11-15-6-3-7-17-18(15)23-12-22-17/h1-10,19H,11-12H2. The summed E-state index contributed by atoms with van der Waals surface area (Å²) in [6.45, 7) is 0.297. The van der Waals surface area contributed by atoms with E-state index >= 15 is 0 Å². The van der Waals surface area contributed by atoms with E-state index in [1.807, 2.05) is 36.4 Å². The highest BCUT2D eigenvalue weighted by atomic mass is 32.2. The van der Waals surface area contributed by atoms with Gasteiger partial charge in [-0.3, -0.25) is 0 Å². The predicted octanol–water partition coefficient (Wildman–Crippen LogP) is 3.05. The summed E-state index contributed by atoms with van der Waals surface area (Å²) in [6, 6.07) is 18.2. The van der Waals surface area contributed by atoms with Gasteiger partial charge in [-0.1, -0.05) is 42.5 Å². The maximum Gasteiger partial charge on any atom is 0.240 e. The molecule has 0 amide bonds. The van der Waals surface area contributed by atoms with Crippen LogP contribution in [0.2, 0.25) is 0 Å². The van der Waals surface area contributed by atoms with Crippen LogP contribution in [0.15, 0.2) is 65.6 Å². The lowest BCUT2D eigenvalue weighted by Gasteiger charge is -2.09. The molecule has 0 spiro atoms. The predicted molar refractivity (Wildman–Crippen MR) is 90.5 cm³/mol. The van der Waals surface area contributed by atoms with Gasteiger partial charge in [0.1, 0.15) is 0 Å². The van der Waals surface area contributed by atoms with E-state index in [4.69, 9.17) is 9.47 Å². The molecule has 0 saturated heterocycles. The summed E-state index contributed by atoms with van der Waals surface area (Å²) in [6.07, 6.45) is 0. The molecular formula is C18H15NO4S. The van der Waals surface area contributed by atoms with Gasteiger partial charge < -0.3 is 9.47 Å². The molecule has 6 heteroatoms. The highest BCUT2D eigenvalue weighted by Gasteiger charge is 2.20. The van der Waals surface area contributed by atoms with Gasteiger partial charge in [0.25, 0.3) is 0 Å². The van der Waals surface area contributed by atoms with Crippen LogP contribution >= 0.6 is 0 Å². The minimum atomic E-state index is -3.61. The third-order valence-corrected chi connectivity index (χ3v) is 5.36. The highest BCUT2D eigenvalue weighted by Crippen LogP contribution is 2.35. The molecule has 0 unspecified atom stereocenters. The monoisotopic (exact) mass is 341 g/mol. The Morgan fingerprint density at radius 3 is 2.62 bits per heavy atom. The molecule has 0 saturated carbocycles. The van der Waals surface area contributed by atoms with Crippen LogP contribution in [0.4, 0.5) is 0 Å². The summed E-state index contributed by atoms with van der Waals surface area (Å²) in [7, 11) is -3.61. The third-order valence-electron chi connectivity index (χ3n) is 3.96. The van der Waals surface area contributed by atoms with Crippen molar-refractivity contribution in [2.75, 3.05) is 6.79 Å². The molecule has 0 aliphatic carbocycles. The van der Waals surface area contributed by atoms with Crippen LogP contribution in [0.1, 0.15) is 5.56 Å². The van der Waals surface area contributed by atoms with Gasteiger partial charge in [-0.25, -0.2) is 13.1 Å². The Morgan fingerprint density at radius 1 is 0.917 bits per heavy atom. The van der Waals surface area contributed by atoms with Crippen molar-refractivity contribution >= 4 is 20.8 Å². The first kappa shape index (κ1) is 15.0. The van der Waals surface area contributed by atoms with Crippen LogP contribution in [0.25, 0.3) is 10.8 Å². The summed E-state index contributed by atoms with van der Waals surface area (Å²) in [5, 5.41) is 1.89. The summed E-state index contributed by atoms with van der Waals surface area (Å²) in [5.41, 5.74) is 0.745. The molecule has 0 aromatic heterocycles. The third kappa shape index (κ3) is 2.70. The van der Waals surface area contributed by atoms with Crippen molar-refractivity contribution in [3.05, 3.63) is 66.2 Å². The second-order valence-electron chi connectivity index (χ2n) is 5.48. The van der Waals surface area contributed by atoms with Crippen molar-refractivity contribution in [2.24, 2.45) is 0 Å². The molecule has 3 aromatic rings. The molecule has 4 rings (SSSR count). The Labute approximate surface area is 139 Å². The zero-order valence-electron chi connectivity index (χ0n) is 12.7. The summed E-state index contributed by atoms with van der Waals surface area (Å²) >= 11 is 0. The lowest BCUT2D eigenvalue weighted by molar-refractivity contribution is 0.173. The zero-order chi connectivity index (χ0) is 16.6. The van der Waals surface area contributed by atoms with Gasteiger partial charge >= 0.3 is 0 Å². The molecule has 122 valence electrons. The highest BCUT2D eigenvalue weighted by molar-refractivity contribution is 7.89. The van der Waals surface area contributed by atoms with Crippen molar-refractivity contribution in [1.82, 2.24) is 4.72 Å². The number of ether oxygens (including phenoxy) is 2. The quantitative estimate of drug-likeness (QED) is 0.792. The van der Waals surface area contributed by atoms with Gasteiger partial charge in [-0.05, 0) is 29.0 Å². The minimum absolute atomic E-state index is 0.141. The first-order valence-corrected chi connectivity index (χ1v) is 8.98. The number of hydrogen-bond donors (Lipinski definition) is 1. The molecule has 0 radical (unpaired) electrons. The normalized spacial score (nSPS) is 13.3. The molecule has 1 aliphatic rings. The van der Waals surface area contributed by atoms with Crippen molar-refractivity contribution in [3.63, 3.8) is 0 Å². The molecule has 1 N–H and O–H groups in total. The van der Waals surface area contributed by atoms with Crippen molar-refractivity contribution in [2.45, 2.75) is 11.4 Å². The smallest absolute Gasteiger partial charge is 0.240 e. The molecule has 0 atom stereocenters. The number of benzene rings is 3. The Balaban J connectivity index is 1.60. The molecule has 3 aromatic carbocycles. The van der Waals surface area contributed by atoms with Crippen LogP contribution in [0.5, 0.6) is 11.5 Å². The van der Waals surface area contributed by atoms with Crippen LogP contribution in [-0.4, -0.2) is 15.2 Å². The fourth-order valence-electron chi connectivity index (χ4n) is 2.72. The van der Waals surface area contributed by atoms with Gasteiger partial charge in [0.05, 0.1) is 4.90 Å². The number of sulfonamides is 1. The molecule has 0 bridgehead atoms. The van der Waals surface area contributed by atoms with Crippen LogP contribution in [0.3, 0.4) is 0 Å². The number of nitrogens with one attached hydrogen (secondary N) is 1. The minimum Gasteiger partial charge on any atom is -0.454 e. The molecule has 1 aliphatic heterocycles. The van der Waals surface area contributed by atoms with Crippen molar-refractivity contribution in [1.29, 1.82) is 0 Å². The zero-order valence-corrected chi connectivity index (χ0v) is 13.5. The van der Waals surface area contributed by atoms with E-state index in [1.54, 1.807) is 24.3 Å². The van der Waals surface area contributed by atoms with E-state index in [2.05, 4.69) is 4.72 Å². The summed E-state index contributed by atoms with van der Waals surface area (Å²) < 4.78 is 38.5. The number of fused-ring (bicyclic) bond motifs is 2. The summed E-state index contributed by atoms with van der Waals surface area (Å²) in [5.74, 6) is 1.23. The van der Waals surface area contributed by atoms with Crippen LogP contribution in [0, 0.1) is 0 Å². The molecule has 5 nitrogen and oxygen atoms in total. The van der Waals surface area contributed by atoms with Gasteiger partial charge in [-0.2, -0.15) is 0 Å². The fourth-order valence-corrected chi connectivity index (χ4v) is 3.76. The molecule has 0 fully saturated rings. The van der Waals surface area contributed by atoms with Gasteiger partial charge in [0, 0.05) is 12.1 Å². The number of hydrogen-bond acceptors (Lipinski definition) is 4. The Kier molecular flexibility index (Phi) is 3.63. The molecular weight excluding hydrogens is 326 g/mol. The second-order valence-corrected chi connectivity index (χ2v) is 7.25. The van der Waals surface area contributed by atoms with Gasteiger partial charge in [0.15, 0.2) is 11.5 Å². The maximum atomic E-state index is 12.6.